The predicted molar refractivity (Wildman–Crippen MR) is 79.6 cm³/mol. The van der Waals surface area contributed by atoms with E-state index in [1.54, 1.807) is 12.0 Å². The molecule has 0 saturated carbocycles. The summed E-state index contributed by atoms with van der Waals surface area (Å²) in [7, 11) is -1.79. The van der Waals surface area contributed by atoms with Gasteiger partial charge >= 0.3 is 0 Å². The molecular weight excluding hydrogens is 310 g/mol. The smallest absolute Gasteiger partial charge is 0.226 e. The van der Waals surface area contributed by atoms with E-state index in [4.69, 9.17) is 9.47 Å². The summed E-state index contributed by atoms with van der Waals surface area (Å²) in [5, 5.41) is 10.1. The number of β-amino-alcohol motifs (C(OH)–C–C–N with tert-alkyl or cyclic N) is 1. The molecule has 124 valence electrons. The number of methoxy groups -OCH3 is 1. The number of anilines is 1. The number of piperidine rings is 1. The van der Waals surface area contributed by atoms with E-state index in [1.165, 1.54) is 12.3 Å². The maximum atomic E-state index is 11.5. The van der Waals surface area contributed by atoms with Crippen molar-refractivity contribution in [1.29, 1.82) is 0 Å². The number of ether oxygens (including phenoxy) is 2. The van der Waals surface area contributed by atoms with Crippen LogP contribution in [0.2, 0.25) is 0 Å². The Balaban J connectivity index is 2.01. The van der Waals surface area contributed by atoms with Gasteiger partial charge in [-0.15, -0.1) is 0 Å². The lowest BCUT2D eigenvalue weighted by molar-refractivity contribution is -0.0593. The average molecular weight is 331 g/mol. The molecule has 0 aromatic carbocycles. The van der Waals surface area contributed by atoms with Crippen molar-refractivity contribution in [3.05, 3.63) is 12.3 Å². The van der Waals surface area contributed by atoms with E-state index in [9.17, 15) is 13.5 Å². The molecule has 1 aromatic heterocycles. The first-order chi connectivity index (χ1) is 10.4. The van der Waals surface area contributed by atoms with Crippen molar-refractivity contribution < 1.29 is 23.0 Å². The lowest BCUT2D eigenvalue weighted by Crippen LogP contribution is -2.48. The van der Waals surface area contributed by atoms with Crippen LogP contribution in [0.3, 0.4) is 0 Å². The first kappa shape index (κ1) is 17.1. The third-order valence-corrected chi connectivity index (χ3v) is 4.41. The van der Waals surface area contributed by atoms with Gasteiger partial charge in [0.2, 0.25) is 5.95 Å². The van der Waals surface area contributed by atoms with Crippen molar-refractivity contribution in [2.24, 2.45) is 0 Å². The van der Waals surface area contributed by atoms with E-state index < -0.39 is 15.9 Å². The van der Waals surface area contributed by atoms with Crippen LogP contribution in [-0.2, 0) is 19.3 Å². The quantitative estimate of drug-likeness (QED) is 0.549. The average Bonchev–Trinajstić information content (AvgIpc) is 2.48. The van der Waals surface area contributed by atoms with E-state index in [2.05, 4.69) is 9.97 Å². The van der Waals surface area contributed by atoms with Gasteiger partial charge in [0.25, 0.3) is 0 Å². The van der Waals surface area contributed by atoms with Gasteiger partial charge < -0.3 is 19.5 Å². The number of sulfone groups is 1. The molecule has 0 amide bonds. The van der Waals surface area contributed by atoms with Crippen LogP contribution < -0.4 is 4.90 Å². The molecule has 1 N–H and O–H groups in total. The van der Waals surface area contributed by atoms with Gasteiger partial charge in [0, 0.05) is 32.7 Å². The Morgan fingerprint density at radius 1 is 1.45 bits per heavy atom. The van der Waals surface area contributed by atoms with Crippen LogP contribution in [0.25, 0.3) is 0 Å². The minimum absolute atomic E-state index is 0.0227. The fourth-order valence-corrected chi connectivity index (χ4v) is 2.82. The second-order valence-electron chi connectivity index (χ2n) is 5.17. The number of aliphatic hydroxyl groups is 1. The minimum atomic E-state index is -3.38. The molecule has 1 aliphatic rings. The van der Waals surface area contributed by atoms with Crippen molar-refractivity contribution in [1.82, 2.24) is 9.97 Å². The molecule has 1 aromatic rings. The second kappa shape index (κ2) is 7.32. The first-order valence-corrected chi connectivity index (χ1v) is 8.87. The zero-order valence-corrected chi connectivity index (χ0v) is 13.5. The van der Waals surface area contributed by atoms with Crippen molar-refractivity contribution in [2.75, 3.05) is 44.6 Å². The molecule has 1 saturated heterocycles. The first-order valence-electron chi connectivity index (χ1n) is 6.98. The van der Waals surface area contributed by atoms with Crippen molar-refractivity contribution >= 4 is 15.8 Å². The Hall–Kier alpha value is -1.29. The van der Waals surface area contributed by atoms with Gasteiger partial charge in [-0.25, -0.2) is 18.4 Å². The van der Waals surface area contributed by atoms with Gasteiger partial charge in [-0.3, -0.25) is 0 Å². The van der Waals surface area contributed by atoms with E-state index in [1.807, 2.05) is 0 Å². The lowest BCUT2D eigenvalue weighted by atomic mass is 10.1. The molecule has 0 spiro atoms. The molecular formula is C13H21N3O5S. The van der Waals surface area contributed by atoms with Gasteiger partial charge in [0.05, 0.1) is 25.4 Å². The van der Waals surface area contributed by atoms with Gasteiger partial charge in [-0.2, -0.15) is 0 Å². The SMILES string of the molecule is COCCO[C@H]1CCN(c2nccc(S(C)(=O)=O)n2)C[C@@H]1O. The summed E-state index contributed by atoms with van der Waals surface area (Å²) in [5.74, 6) is 0.303. The van der Waals surface area contributed by atoms with Gasteiger partial charge in [0.1, 0.15) is 0 Å². The predicted octanol–water partition coefficient (Wildman–Crippen LogP) is -0.517. The molecule has 22 heavy (non-hydrogen) atoms. The minimum Gasteiger partial charge on any atom is -0.389 e. The normalized spacial score (nSPS) is 22.8. The second-order valence-corrected chi connectivity index (χ2v) is 7.13. The summed E-state index contributed by atoms with van der Waals surface area (Å²) in [6.07, 6.45) is 2.17. The molecule has 0 radical (unpaired) electrons. The fraction of sp³-hybridized carbons (Fsp3) is 0.692. The lowest BCUT2D eigenvalue weighted by Gasteiger charge is -2.35. The van der Waals surface area contributed by atoms with Crippen LogP contribution in [0.1, 0.15) is 6.42 Å². The van der Waals surface area contributed by atoms with Crippen LogP contribution in [0.5, 0.6) is 0 Å². The molecule has 9 heteroatoms. The Kier molecular flexibility index (Phi) is 5.68. The largest absolute Gasteiger partial charge is 0.389 e. The number of hydrogen-bond donors (Lipinski definition) is 1. The van der Waals surface area contributed by atoms with E-state index in [0.29, 0.717) is 38.7 Å². The fourth-order valence-electron chi connectivity index (χ4n) is 2.26. The highest BCUT2D eigenvalue weighted by Gasteiger charge is 2.29. The summed E-state index contributed by atoms with van der Waals surface area (Å²) in [5.41, 5.74) is 0. The molecule has 2 atom stereocenters. The number of hydrogen-bond acceptors (Lipinski definition) is 8. The monoisotopic (exact) mass is 331 g/mol. The molecule has 1 aliphatic heterocycles. The third-order valence-electron chi connectivity index (χ3n) is 3.42. The van der Waals surface area contributed by atoms with E-state index in [0.717, 1.165) is 6.26 Å². The molecule has 2 heterocycles. The van der Waals surface area contributed by atoms with Crippen molar-refractivity contribution in [3.63, 3.8) is 0 Å². The summed E-state index contributed by atoms with van der Waals surface area (Å²) >= 11 is 0. The Morgan fingerprint density at radius 2 is 2.23 bits per heavy atom. The van der Waals surface area contributed by atoms with Crippen LogP contribution in [0.15, 0.2) is 17.3 Å². The van der Waals surface area contributed by atoms with E-state index in [-0.39, 0.29) is 11.1 Å². The number of rotatable bonds is 6. The highest BCUT2D eigenvalue weighted by Crippen LogP contribution is 2.19. The highest BCUT2D eigenvalue weighted by atomic mass is 32.2. The zero-order chi connectivity index (χ0) is 16.2. The molecule has 8 nitrogen and oxygen atoms in total. The molecule has 0 bridgehead atoms. The Bertz CT molecular complexity index is 595. The number of aliphatic hydroxyl groups excluding tert-OH is 1. The van der Waals surface area contributed by atoms with E-state index >= 15 is 0 Å². The van der Waals surface area contributed by atoms with Crippen LogP contribution >= 0.6 is 0 Å². The van der Waals surface area contributed by atoms with Crippen molar-refractivity contribution in [3.8, 4) is 0 Å². The summed E-state index contributed by atoms with van der Waals surface area (Å²) in [6, 6.07) is 1.36. The molecule has 0 aliphatic carbocycles. The van der Waals surface area contributed by atoms with Crippen LogP contribution in [0.4, 0.5) is 5.95 Å². The molecule has 0 unspecified atom stereocenters. The summed E-state index contributed by atoms with van der Waals surface area (Å²) < 4.78 is 33.6. The Labute approximate surface area is 130 Å². The Morgan fingerprint density at radius 3 is 2.86 bits per heavy atom. The molecule has 2 rings (SSSR count). The van der Waals surface area contributed by atoms with Crippen LogP contribution in [-0.4, -0.2) is 75.4 Å². The molecule has 1 fully saturated rings. The van der Waals surface area contributed by atoms with Crippen LogP contribution in [0, 0.1) is 0 Å². The highest BCUT2D eigenvalue weighted by molar-refractivity contribution is 7.90. The standard InChI is InChI=1S/C13H21N3O5S/c1-20-7-8-21-11-4-6-16(9-10(11)17)13-14-5-3-12(15-13)22(2,18)19/h3,5,10-11,17H,4,6-9H2,1-2H3/t10-,11-/m0/s1. The summed E-state index contributed by atoms with van der Waals surface area (Å²) in [4.78, 5) is 9.91. The zero-order valence-electron chi connectivity index (χ0n) is 12.7. The third kappa shape index (κ3) is 4.35. The topological polar surface area (TPSA) is 102 Å². The maximum absolute atomic E-state index is 11.5. The summed E-state index contributed by atoms with van der Waals surface area (Å²) in [6.45, 7) is 1.79. The van der Waals surface area contributed by atoms with Gasteiger partial charge in [-0.05, 0) is 12.5 Å². The van der Waals surface area contributed by atoms with Crippen molar-refractivity contribution in [2.45, 2.75) is 23.7 Å². The maximum Gasteiger partial charge on any atom is 0.226 e. The number of aromatic nitrogens is 2. The van der Waals surface area contributed by atoms with Gasteiger partial charge in [0.15, 0.2) is 14.9 Å². The van der Waals surface area contributed by atoms with Gasteiger partial charge in [-0.1, -0.05) is 0 Å². The number of nitrogens with zero attached hydrogens (tertiary/aromatic N) is 3.